The summed E-state index contributed by atoms with van der Waals surface area (Å²) in [5.74, 6) is -2.49. The van der Waals surface area contributed by atoms with Gasteiger partial charge in [0.1, 0.15) is 12.6 Å². The summed E-state index contributed by atoms with van der Waals surface area (Å²) in [4.78, 5) is 45.5. The summed E-state index contributed by atoms with van der Waals surface area (Å²) in [6.07, 6.45) is 33.2. The lowest BCUT2D eigenvalue weighted by Gasteiger charge is -2.20. The Morgan fingerprint density at radius 1 is 0.667 bits per heavy atom. The third-order valence-corrected chi connectivity index (χ3v) is 7.86. The van der Waals surface area contributed by atoms with Gasteiger partial charge >= 0.3 is 25.7 Å². The number of carboxylic acids is 1. The molecule has 0 heterocycles. The van der Waals surface area contributed by atoms with E-state index in [4.69, 9.17) is 24.8 Å². The number of hydrogen-bond donors (Lipinski definition) is 3. The highest BCUT2D eigenvalue weighted by atomic mass is 31.2. The molecule has 0 fully saturated rings. The fourth-order valence-electron chi connectivity index (χ4n) is 4.15. The Kier molecular flexibility index (Phi) is 29.6. The topological polar surface area (TPSA) is 172 Å². The van der Waals surface area contributed by atoms with E-state index in [2.05, 4.69) is 24.4 Å². The molecule has 0 radical (unpaired) electrons. The van der Waals surface area contributed by atoms with Crippen molar-refractivity contribution < 1.29 is 47.5 Å². The van der Waals surface area contributed by atoms with Gasteiger partial charge in [0.25, 0.3) is 0 Å². The van der Waals surface area contributed by atoms with Crippen LogP contribution in [0.5, 0.6) is 0 Å². The van der Waals surface area contributed by atoms with E-state index in [0.29, 0.717) is 19.3 Å². The van der Waals surface area contributed by atoms with E-state index < -0.39 is 51.1 Å². The predicted octanol–water partition coefficient (Wildman–Crippen LogP) is 8.05. The number of carbonyl (C=O) groups is 3. The number of allylic oxidation sites excluding steroid dienone is 10. The van der Waals surface area contributed by atoms with Crippen LogP contribution in [0.4, 0.5) is 0 Å². The van der Waals surface area contributed by atoms with Crippen LogP contribution >= 0.6 is 7.82 Å². The molecule has 12 heteroatoms. The van der Waals surface area contributed by atoms with E-state index in [1.807, 2.05) is 54.7 Å². The number of carboxylic acid groups (broad SMARTS) is 1. The Hall–Kier alpha value is -2.82. The zero-order chi connectivity index (χ0) is 35.7. The Balaban J connectivity index is 4.65. The number of unbranched alkanes of at least 4 members (excludes halogenated alkanes) is 11. The number of carbonyl (C=O) groups excluding carboxylic acids is 2. The van der Waals surface area contributed by atoms with Gasteiger partial charge in [-0.25, -0.2) is 4.57 Å². The second-order valence-corrected chi connectivity index (χ2v) is 12.9. The van der Waals surface area contributed by atoms with Crippen molar-refractivity contribution in [2.45, 2.75) is 129 Å². The lowest BCUT2D eigenvalue weighted by molar-refractivity contribution is -0.161. The molecule has 2 unspecified atom stereocenters. The normalized spacial score (nSPS) is 14.8. The molecule has 3 atom stereocenters. The Morgan fingerprint density at radius 3 is 1.73 bits per heavy atom. The number of aliphatic carboxylic acids is 1. The minimum atomic E-state index is -4.73. The summed E-state index contributed by atoms with van der Waals surface area (Å²) in [6.45, 7) is 2.53. The van der Waals surface area contributed by atoms with Crippen molar-refractivity contribution in [3.63, 3.8) is 0 Å². The van der Waals surface area contributed by atoms with Crippen LogP contribution in [0.3, 0.4) is 0 Å². The van der Waals surface area contributed by atoms with Gasteiger partial charge in [-0.1, -0.05) is 139 Å². The number of hydrogen-bond acceptors (Lipinski definition) is 9. The number of nitrogens with two attached hydrogens (primary N) is 1. The predicted molar refractivity (Wildman–Crippen MR) is 189 cm³/mol. The lowest BCUT2D eigenvalue weighted by atomic mass is 10.1. The van der Waals surface area contributed by atoms with E-state index >= 15 is 0 Å². The fourth-order valence-corrected chi connectivity index (χ4v) is 4.93. The van der Waals surface area contributed by atoms with Crippen LogP contribution in [0.1, 0.15) is 117 Å². The molecule has 4 N–H and O–H groups in total. The molecule has 0 aromatic rings. The highest BCUT2D eigenvalue weighted by Crippen LogP contribution is 2.43. The van der Waals surface area contributed by atoms with Gasteiger partial charge in [-0.05, 0) is 25.7 Å². The smallest absolute Gasteiger partial charge is 0.472 e. The highest BCUT2D eigenvalue weighted by molar-refractivity contribution is 7.47. The van der Waals surface area contributed by atoms with Crippen LogP contribution in [-0.4, -0.2) is 59.9 Å². The molecule has 274 valence electrons. The first-order valence-electron chi connectivity index (χ1n) is 17.4. The molecule has 0 bridgehead atoms. The maximum atomic E-state index is 12.5. The van der Waals surface area contributed by atoms with Crippen LogP contribution in [0.2, 0.25) is 0 Å². The molecule has 0 aliphatic carbocycles. The summed E-state index contributed by atoms with van der Waals surface area (Å²) in [7, 11) is -4.73. The summed E-state index contributed by atoms with van der Waals surface area (Å²) in [5.41, 5.74) is 5.29. The van der Waals surface area contributed by atoms with Crippen molar-refractivity contribution in [2.24, 2.45) is 5.73 Å². The van der Waals surface area contributed by atoms with Crippen LogP contribution in [-0.2, 0) is 37.5 Å². The first-order chi connectivity index (χ1) is 23.1. The number of phosphoric ester groups is 1. The van der Waals surface area contributed by atoms with Gasteiger partial charge in [0.2, 0.25) is 0 Å². The maximum absolute atomic E-state index is 12.5. The molecule has 0 saturated heterocycles. The quantitative estimate of drug-likeness (QED) is 0.0277. The van der Waals surface area contributed by atoms with Crippen molar-refractivity contribution in [1.82, 2.24) is 0 Å². The Morgan fingerprint density at radius 2 is 1.17 bits per heavy atom. The molecule has 0 spiro atoms. The van der Waals surface area contributed by atoms with E-state index in [-0.39, 0.29) is 19.4 Å². The summed E-state index contributed by atoms with van der Waals surface area (Å²) in [6, 6.07) is -1.53. The third-order valence-electron chi connectivity index (χ3n) is 6.91. The van der Waals surface area contributed by atoms with Crippen LogP contribution in [0.15, 0.2) is 60.8 Å². The monoisotopic (exact) mass is 697 g/mol. The SMILES string of the molecule is CC/C=C/C=C/C=C/C=C/C=C/CCCC(=O)OC(COC(=O)CCCCCCCCCCCCC)COP(=O)(O)OC[C@H](N)C(=O)O. The van der Waals surface area contributed by atoms with Gasteiger partial charge in [0.15, 0.2) is 6.10 Å². The van der Waals surface area contributed by atoms with Gasteiger partial charge in [-0.3, -0.25) is 23.4 Å². The largest absolute Gasteiger partial charge is 0.480 e. The molecule has 48 heavy (non-hydrogen) atoms. The van der Waals surface area contributed by atoms with E-state index in [9.17, 15) is 23.8 Å². The highest BCUT2D eigenvalue weighted by Gasteiger charge is 2.28. The standard InChI is InChI=1S/C36H60NO10P/c1-3-5-7-9-11-13-15-16-18-20-22-24-26-28-35(39)47-32(30-45-48(42,43)46-31-33(37)36(40)41)29-44-34(38)27-25-23-21-19-17-14-12-10-8-6-4-2/h5,7,9,11,13,15-16,18,20,22,32-33H,3-4,6,8,10,12,14,17,19,21,23-31,37H2,1-2H3,(H,40,41)(H,42,43)/b7-5+,11-9+,15-13+,18-16+,22-20+/t32?,33-/m0/s1. The minimum absolute atomic E-state index is 0.0635. The van der Waals surface area contributed by atoms with E-state index in [0.717, 1.165) is 25.7 Å². The van der Waals surface area contributed by atoms with Crippen LogP contribution < -0.4 is 5.73 Å². The zero-order valence-corrected chi connectivity index (χ0v) is 29.9. The number of rotatable bonds is 31. The van der Waals surface area contributed by atoms with Crippen molar-refractivity contribution >= 4 is 25.7 Å². The molecule has 0 saturated carbocycles. The van der Waals surface area contributed by atoms with Crippen molar-refractivity contribution in [2.75, 3.05) is 19.8 Å². The van der Waals surface area contributed by atoms with Gasteiger partial charge < -0.3 is 25.2 Å². The molecule has 0 aromatic carbocycles. The summed E-state index contributed by atoms with van der Waals surface area (Å²) >= 11 is 0. The molecule has 0 rings (SSSR count). The average molecular weight is 698 g/mol. The first kappa shape index (κ1) is 45.2. The number of phosphoric acid groups is 1. The number of esters is 2. The van der Waals surface area contributed by atoms with Crippen molar-refractivity contribution in [3.8, 4) is 0 Å². The zero-order valence-electron chi connectivity index (χ0n) is 29.0. The third kappa shape index (κ3) is 30.5. The second kappa shape index (κ2) is 31.4. The average Bonchev–Trinajstić information content (AvgIpc) is 3.05. The Bertz CT molecular complexity index is 1050. The second-order valence-electron chi connectivity index (χ2n) is 11.4. The molecule has 0 aliphatic heterocycles. The number of ether oxygens (including phenoxy) is 2. The minimum Gasteiger partial charge on any atom is -0.480 e. The molecule has 0 aromatic heterocycles. The first-order valence-corrected chi connectivity index (χ1v) is 18.9. The maximum Gasteiger partial charge on any atom is 0.472 e. The van der Waals surface area contributed by atoms with Crippen LogP contribution in [0.25, 0.3) is 0 Å². The molecule has 0 aliphatic rings. The van der Waals surface area contributed by atoms with E-state index in [1.165, 1.54) is 44.9 Å². The van der Waals surface area contributed by atoms with Gasteiger partial charge in [-0.2, -0.15) is 0 Å². The van der Waals surface area contributed by atoms with E-state index in [1.54, 1.807) is 0 Å². The molecule has 11 nitrogen and oxygen atoms in total. The van der Waals surface area contributed by atoms with Crippen molar-refractivity contribution in [3.05, 3.63) is 60.8 Å². The van der Waals surface area contributed by atoms with Gasteiger partial charge in [0, 0.05) is 12.8 Å². The molecule has 0 amide bonds. The fraction of sp³-hybridized carbons (Fsp3) is 0.639. The Labute approximate surface area is 287 Å². The molecular formula is C36H60NO10P. The summed E-state index contributed by atoms with van der Waals surface area (Å²) in [5, 5.41) is 8.83. The van der Waals surface area contributed by atoms with Gasteiger partial charge in [0.05, 0.1) is 13.2 Å². The van der Waals surface area contributed by atoms with Gasteiger partial charge in [-0.15, -0.1) is 0 Å². The lowest BCUT2D eigenvalue weighted by Crippen LogP contribution is -2.34. The van der Waals surface area contributed by atoms with Crippen molar-refractivity contribution in [1.29, 1.82) is 0 Å². The molecular weight excluding hydrogens is 637 g/mol. The van der Waals surface area contributed by atoms with Crippen LogP contribution in [0, 0.1) is 0 Å². The summed E-state index contributed by atoms with van der Waals surface area (Å²) < 4.78 is 32.4.